The Kier molecular flexibility index (Phi) is 5.56. The van der Waals surface area contributed by atoms with Crippen LogP contribution in [-0.2, 0) is 0 Å². The van der Waals surface area contributed by atoms with Crippen LogP contribution in [0.1, 0.15) is 37.0 Å². The Labute approximate surface area is 121 Å². The number of nitrogens with one attached hydrogen (secondary N) is 1. The third-order valence-corrected chi connectivity index (χ3v) is 4.04. The number of rotatable bonds is 5. The summed E-state index contributed by atoms with van der Waals surface area (Å²) in [5.41, 5.74) is -1.00. The van der Waals surface area contributed by atoms with E-state index in [4.69, 9.17) is 23.2 Å². The summed E-state index contributed by atoms with van der Waals surface area (Å²) in [6, 6.07) is 1.57. The monoisotopic (exact) mass is 309 g/mol. The van der Waals surface area contributed by atoms with E-state index in [0.717, 1.165) is 12.1 Å². The van der Waals surface area contributed by atoms with Gasteiger partial charge in [0.25, 0.3) is 5.91 Å². The predicted octanol–water partition coefficient (Wildman–Crippen LogP) is 4.15. The van der Waals surface area contributed by atoms with Crippen LogP contribution >= 0.6 is 23.2 Å². The largest absolute Gasteiger partial charge is 0.345 e. The van der Waals surface area contributed by atoms with Gasteiger partial charge >= 0.3 is 0 Å². The quantitative estimate of drug-likeness (QED) is 0.642. The van der Waals surface area contributed by atoms with Crippen molar-refractivity contribution in [3.05, 3.63) is 34.4 Å². The van der Waals surface area contributed by atoms with E-state index in [0.29, 0.717) is 12.8 Å². The molecule has 0 saturated heterocycles. The van der Waals surface area contributed by atoms with Gasteiger partial charge in [0, 0.05) is 5.88 Å². The summed E-state index contributed by atoms with van der Waals surface area (Å²) in [6.07, 6.45) is 1.19. The number of benzene rings is 1. The van der Waals surface area contributed by atoms with Crippen LogP contribution in [0.4, 0.5) is 8.78 Å². The molecule has 1 amide bonds. The third kappa shape index (κ3) is 3.57. The molecule has 106 valence electrons. The number of hydrogen-bond donors (Lipinski definition) is 1. The highest BCUT2D eigenvalue weighted by molar-refractivity contribution is 6.30. The number of hydrogen-bond acceptors (Lipinski definition) is 1. The fraction of sp³-hybridized carbons (Fsp3) is 0.462. The van der Waals surface area contributed by atoms with Crippen LogP contribution < -0.4 is 5.32 Å². The molecule has 0 fully saturated rings. The Morgan fingerprint density at radius 2 is 1.84 bits per heavy atom. The molecule has 6 heteroatoms. The molecule has 0 saturated carbocycles. The Morgan fingerprint density at radius 1 is 1.26 bits per heavy atom. The molecule has 1 rings (SSSR count). The van der Waals surface area contributed by atoms with Crippen molar-refractivity contribution in [1.29, 1.82) is 0 Å². The Bertz CT molecular complexity index is 468. The standard InChI is InChI=1S/C13H15Cl2F2NO/c1-3-13(4-2,7-14)18-12(19)8-5-11(17)9(15)6-10(8)16/h5-6H,3-4,7H2,1-2H3,(H,18,19). The van der Waals surface area contributed by atoms with Gasteiger partial charge in [-0.05, 0) is 25.0 Å². The molecule has 0 aromatic heterocycles. The average molecular weight is 310 g/mol. The van der Waals surface area contributed by atoms with Crippen molar-refractivity contribution >= 4 is 29.1 Å². The number of halogens is 4. The fourth-order valence-corrected chi connectivity index (χ4v) is 2.25. The van der Waals surface area contributed by atoms with E-state index in [1.54, 1.807) is 0 Å². The summed E-state index contributed by atoms with van der Waals surface area (Å²) in [7, 11) is 0. The van der Waals surface area contributed by atoms with E-state index >= 15 is 0 Å². The Morgan fingerprint density at radius 3 is 2.32 bits per heavy atom. The molecule has 0 bridgehead atoms. The highest BCUT2D eigenvalue weighted by Crippen LogP contribution is 2.22. The maximum atomic E-state index is 13.6. The van der Waals surface area contributed by atoms with Gasteiger partial charge in [0.05, 0.1) is 16.1 Å². The van der Waals surface area contributed by atoms with E-state index in [9.17, 15) is 13.6 Å². The molecule has 0 unspecified atom stereocenters. The molecule has 2 nitrogen and oxygen atoms in total. The van der Waals surface area contributed by atoms with Crippen molar-refractivity contribution in [2.24, 2.45) is 0 Å². The van der Waals surface area contributed by atoms with Gasteiger partial charge in [0.2, 0.25) is 0 Å². The summed E-state index contributed by atoms with van der Waals surface area (Å²) in [6.45, 7) is 3.73. The molecule has 19 heavy (non-hydrogen) atoms. The highest BCUT2D eigenvalue weighted by Gasteiger charge is 2.28. The zero-order valence-corrected chi connectivity index (χ0v) is 12.2. The first kappa shape index (κ1) is 16.2. The molecular weight excluding hydrogens is 295 g/mol. The third-order valence-electron chi connectivity index (χ3n) is 3.24. The lowest BCUT2D eigenvalue weighted by Crippen LogP contribution is -2.49. The van der Waals surface area contributed by atoms with Crippen molar-refractivity contribution in [2.45, 2.75) is 32.2 Å². The van der Waals surface area contributed by atoms with Gasteiger partial charge in [-0.1, -0.05) is 25.4 Å². The van der Waals surface area contributed by atoms with Gasteiger partial charge in [-0.15, -0.1) is 11.6 Å². The molecular formula is C13H15Cl2F2NO. The van der Waals surface area contributed by atoms with Crippen LogP contribution in [0.25, 0.3) is 0 Å². The first-order valence-electron chi connectivity index (χ1n) is 5.92. The number of carbonyl (C=O) groups excluding carboxylic acids is 1. The lowest BCUT2D eigenvalue weighted by molar-refractivity contribution is 0.0898. The first-order chi connectivity index (χ1) is 8.89. The zero-order chi connectivity index (χ0) is 14.6. The normalized spacial score (nSPS) is 11.5. The summed E-state index contributed by atoms with van der Waals surface area (Å²) >= 11 is 11.3. The molecule has 1 aromatic rings. The Hall–Kier alpha value is -0.870. The lowest BCUT2D eigenvalue weighted by Gasteiger charge is -2.30. The molecule has 0 aliphatic rings. The summed E-state index contributed by atoms with van der Waals surface area (Å²) in [4.78, 5) is 12.0. The van der Waals surface area contributed by atoms with Crippen LogP contribution in [0.5, 0.6) is 0 Å². The average Bonchev–Trinajstić information content (AvgIpc) is 2.40. The van der Waals surface area contributed by atoms with Crippen molar-refractivity contribution in [3.63, 3.8) is 0 Å². The molecule has 0 heterocycles. The van der Waals surface area contributed by atoms with Crippen molar-refractivity contribution in [3.8, 4) is 0 Å². The van der Waals surface area contributed by atoms with Crippen molar-refractivity contribution < 1.29 is 13.6 Å². The number of amides is 1. The van der Waals surface area contributed by atoms with Crippen molar-refractivity contribution in [1.82, 2.24) is 5.32 Å². The van der Waals surface area contributed by atoms with Gasteiger partial charge in [-0.3, -0.25) is 4.79 Å². The summed E-state index contributed by atoms with van der Waals surface area (Å²) < 4.78 is 26.9. The minimum atomic E-state index is -0.862. The van der Waals surface area contributed by atoms with E-state index in [1.807, 2.05) is 13.8 Å². The van der Waals surface area contributed by atoms with Crippen LogP contribution in [0.2, 0.25) is 5.02 Å². The molecule has 0 aliphatic heterocycles. The molecule has 0 aliphatic carbocycles. The lowest BCUT2D eigenvalue weighted by atomic mass is 9.94. The topological polar surface area (TPSA) is 29.1 Å². The summed E-state index contributed by atoms with van der Waals surface area (Å²) in [5, 5.41) is 2.30. The second-order valence-electron chi connectivity index (χ2n) is 4.32. The Balaban J connectivity index is 3.04. The number of alkyl halides is 1. The molecule has 0 spiro atoms. The SMILES string of the molecule is CCC(CC)(CCl)NC(=O)c1cc(F)c(Cl)cc1F. The zero-order valence-electron chi connectivity index (χ0n) is 10.7. The van der Waals surface area contributed by atoms with E-state index < -0.39 is 23.1 Å². The van der Waals surface area contributed by atoms with Crippen LogP contribution in [0.15, 0.2) is 12.1 Å². The first-order valence-corrected chi connectivity index (χ1v) is 6.83. The van der Waals surface area contributed by atoms with Crippen LogP contribution in [0.3, 0.4) is 0 Å². The second-order valence-corrected chi connectivity index (χ2v) is 5.00. The van der Waals surface area contributed by atoms with Gasteiger partial charge < -0.3 is 5.32 Å². The van der Waals surface area contributed by atoms with Gasteiger partial charge in [0.1, 0.15) is 11.6 Å². The minimum absolute atomic E-state index is 0.198. The predicted molar refractivity (Wildman–Crippen MR) is 72.9 cm³/mol. The van der Waals surface area contributed by atoms with E-state index in [-0.39, 0.29) is 16.5 Å². The van der Waals surface area contributed by atoms with Crippen LogP contribution in [-0.4, -0.2) is 17.3 Å². The molecule has 1 N–H and O–H groups in total. The smallest absolute Gasteiger partial charge is 0.254 e. The van der Waals surface area contributed by atoms with Crippen LogP contribution in [0, 0.1) is 11.6 Å². The van der Waals surface area contributed by atoms with Crippen molar-refractivity contribution in [2.75, 3.05) is 5.88 Å². The molecule has 1 aromatic carbocycles. The summed E-state index contributed by atoms with van der Waals surface area (Å²) in [5.74, 6) is -2.20. The van der Waals surface area contributed by atoms with Gasteiger partial charge in [-0.2, -0.15) is 0 Å². The maximum Gasteiger partial charge on any atom is 0.254 e. The van der Waals surface area contributed by atoms with Gasteiger partial charge in [0.15, 0.2) is 0 Å². The maximum absolute atomic E-state index is 13.6. The second kappa shape index (κ2) is 6.53. The molecule has 0 radical (unpaired) electrons. The van der Waals surface area contributed by atoms with Gasteiger partial charge in [-0.25, -0.2) is 8.78 Å². The van der Waals surface area contributed by atoms with E-state index in [2.05, 4.69) is 5.32 Å². The highest BCUT2D eigenvalue weighted by atomic mass is 35.5. The van der Waals surface area contributed by atoms with E-state index in [1.165, 1.54) is 0 Å². The minimum Gasteiger partial charge on any atom is -0.345 e. The number of carbonyl (C=O) groups is 1. The fourth-order valence-electron chi connectivity index (χ4n) is 1.65. The molecule has 0 atom stereocenters.